The van der Waals surface area contributed by atoms with Crippen LogP contribution in [0.2, 0.25) is 0 Å². The summed E-state index contributed by atoms with van der Waals surface area (Å²) in [6, 6.07) is 1.82. The molecule has 96 valence electrons. The third kappa shape index (κ3) is 1.95. The fourth-order valence-corrected chi connectivity index (χ4v) is 3.77. The summed E-state index contributed by atoms with van der Waals surface area (Å²) in [6.07, 6.45) is 6.80. The van der Waals surface area contributed by atoms with Crippen molar-refractivity contribution < 1.29 is 4.79 Å². The van der Waals surface area contributed by atoms with Crippen LogP contribution >= 0.6 is 15.9 Å². The standard InChI is InChI=1S/C13H16BrN3O/c14-9-6-16-4-3-10(9)17-13(18)11-7-1-2-8(5-7)12(11)15/h3-4,6-8,11-12H,1-2,5,15H2,(H,16,17,18). The molecule has 0 spiro atoms. The van der Waals surface area contributed by atoms with E-state index in [0.717, 1.165) is 23.0 Å². The van der Waals surface area contributed by atoms with E-state index < -0.39 is 0 Å². The van der Waals surface area contributed by atoms with Crippen LogP contribution < -0.4 is 11.1 Å². The fraction of sp³-hybridized carbons (Fsp3) is 0.538. The molecule has 1 heterocycles. The molecule has 2 aliphatic carbocycles. The highest BCUT2D eigenvalue weighted by molar-refractivity contribution is 9.10. The van der Waals surface area contributed by atoms with Gasteiger partial charge in [-0.15, -0.1) is 0 Å². The summed E-state index contributed by atoms with van der Waals surface area (Å²) in [4.78, 5) is 16.3. The van der Waals surface area contributed by atoms with E-state index in [-0.39, 0.29) is 17.9 Å². The van der Waals surface area contributed by atoms with Crippen molar-refractivity contribution >= 4 is 27.5 Å². The Balaban J connectivity index is 1.74. The minimum atomic E-state index is -0.0242. The van der Waals surface area contributed by atoms with E-state index in [0.29, 0.717) is 11.8 Å². The predicted octanol–water partition coefficient (Wildman–Crippen LogP) is 2.16. The summed E-state index contributed by atoms with van der Waals surface area (Å²) in [5, 5.41) is 2.96. The van der Waals surface area contributed by atoms with Crippen molar-refractivity contribution in [2.45, 2.75) is 25.3 Å². The lowest BCUT2D eigenvalue weighted by atomic mass is 9.84. The van der Waals surface area contributed by atoms with Gasteiger partial charge in [0.05, 0.1) is 16.1 Å². The number of anilines is 1. The molecular weight excluding hydrogens is 294 g/mol. The lowest BCUT2D eigenvalue weighted by molar-refractivity contribution is -0.121. The second kappa shape index (κ2) is 4.63. The van der Waals surface area contributed by atoms with Crippen LogP contribution in [0.15, 0.2) is 22.9 Å². The number of aromatic nitrogens is 1. The van der Waals surface area contributed by atoms with E-state index >= 15 is 0 Å². The zero-order chi connectivity index (χ0) is 12.7. The van der Waals surface area contributed by atoms with E-state index in [1.807, 2.05) is 0 Å². The number of pyridine rings is 1. The van der Waals surface area contributed by atoms with Gasteiger partial charge < -0.3 is 11.1 Å². The van der Waals surface area contributed by atoms with Gasteiger partial charge in [0.2, 0.25) is 5.91 Å². The maximum absolute atomic E-state index is 12.3. The molecule has 2 saturated carbocycles. The van der Waals surface area contributed by atoms with E-state index in [9.17, 15) is 4.79 Å². The highest BCUT2D eigenvalue weighted by Gasteiger charge is 2.49. The van der Waals surface area contributed by atoms with E-state index in [4.69, 9.17) is 5.73 Å². The number of fused-ring (bicyclic) bond motifs is 2. The summed E-state index contributed by atoms with van der Waals surface area (Å²) < 4.78 is 0.801. The first kappa shape index (κ1) is 12.1. The van der Waals surface area contributed by atoms with Gasteiger partial charge in [-0.2, -0.15) is 0 Å². The quantitative estimate of drug-likeness (QED) is 0.879. The van der Waals surface area contributed by atoms with Crippen LogP contribution in [0.1, 0.15) is 19.3 Å². The van der Waals surface area contributed by atoms with Crippen molar-refractivity contribution in [3.05, 3.63) is 22.9 Å². The number of nitrogens with one attached hydrogen (secondary N) is 1. The topological polar surface area (TPSA) is 68.0 Å². The van der Waals surface area contributed by atoms with Crippen LogP contribution in [-0.2, 0) is 4.79 Å². The lowest BCUT2D eigenvalue weighted by Gasteiger charge is -2.27. The lowest BCUT2D eigenvalue weighted by Crippen LogP contribution is -2.42. The molecule has 2 fully saturated rings. The molecule has 1 amide bonds. The zero-order valence-electron chi connectivity index (χ0n) is 9.97. The molecule has 4 nitrogen and oxygen atoms in total. The van der Waals surface area contributed by atoms with Crippen molar-refractivity contribution in [1.82, 2.24) is 4.98 Å². The Kier molecular flexibility index (Phi) is 3.11. The number of amides is 1. The van der Waals surface area contributed by atoms with Crippen LogP contribution in [0.5, 0.6) is 0 Å². The molecule has 1 aromatic heterocycles. The Morgan fingerprint density at radius 3 is 2.89 bits per heavy atom. The van der Waals surface area contributed by atoms with Crippen molar-refractivity contribution in [3.63, 3.8) is 0 Å². The van der Waals surface area contributed by atoms with E-state index in [2.05, 4.69) is 26.2 Å². The molecule has 4 atom stereocenters. The van der Waals surface area contributed by atoms with Gasteiger partial charge in [-0.05, 0) is 53.1 Å². The van der Waals surface area contributed by atoms with Gasteiger partial charge in [-0.1, -0.05) is 0 Å². The Labute approximate surface area is 114 Å². The summed E-state index contributed by atoms with van der Waals surface area (Å²) in [7, 11) is 0. The molecule has 0 aromatic carbocycles. The van der Waals surface area contributed by atoms with Crippen LogP contribution in [0.4, 0.5) is 5.69 Å². The predicted molar refractivity (Wildman–Crippen MR) is 72.9 cm³/mol. The first-order valence-electron chi connectivity index (χ1n) is 6.33. The maximum Gasteiger partial charge on any atom is 0.229 e. The van der Waals surface area contributed by atoms with Gasteiger partial charge in [0.15, 0.2) is 0 Å². The number of carbonyl (C=O) groups excluding carboxylic acids is 1. The van der Waals surface area contributed by atoms with E-state index in [1.54, 1.807) is 18.5 Å². The molecule has 1 aromatic rings. The summed E-state index contributed by atoms with van der Waals surface area (Å²) in [6.45, 7) is 0. The number of carbonyl (C=O) groups is 1. The molecule has 2 bridgehead atoms. The SMILES string of the molecule is NC1C2CCC(C2)C1C(=O)Nc1ccncc1Br. The van der Waals surface area contributed by atoms with Crippen LogP contribution in [0.25, 0.3) is 0 Å². The Hall–Kier alpha value is -0.940. The van der Waals surface area contributed by atoms with Crippen molar-refractivity contribution in [2.24, 2.45) is 23.5 Å². The normalized spacial score (nSPS) is 33.7. The Morgan fingerprint density at radius 2 is 2.22 bits per heavy atom. The van der Waals surface area contributed by atoms with Gasteiger partial charge in [-0.3, -0.25) is 9.78 Å². The fourth-order valence-electron chi connectivity index (χ4n) is 3.42. The summed E-state index contributed by atoms with van der Waals surface area (Å²) in [5.41, 5.74) is 6.94. The Morgan fingerprint density at radius 1 is 1.44 bits per heavy atom. The van der Waals surface area contributed by atoms with Crippen molar-refractivity contribution in [3.8, 4) is 0 Å². The number of hydrogen-bond acceptors (Lipinski definition) is 3. The molecule has 0 aliphatic heterocycles. The van der Waals surface area contributed by atoms with Crippen LogP contribution in [0, 0.1) is 17.8 Å². The first-order chi connectivity index (χ1) is 8.66. The maximum atomic E-state index is 12.3. The molecule has 0 saturated heterocycles. The smallest absolute Gasteiger partial charge is 0.229 e. The van der Waals surface area contributed by atoms with Gasteiger partial charge in [0, 0.05) is 18.4 Å². The number of halogens is 1. The zero-order valence-corrected chi connectivity index (χ0v) is 11.6. The monoisotopic (exact) mass is 309 g/mol. The highest BCUT2D eigenvalue weighted by atomic mass is 79.9. The summed E-state index contributed by atoms with van der Waals surface area (Å²) >= 11 is 3.38. The van der Waals surface area contributed by atoms with Gasteiger partial charge in [0.1, 0.15) is 0 Å². The number of hydrogen-bond donors (Lipinski definition) is 2. The van der Waals surface area contributed by atoms with E-state index in [1.165, 1.54) is 6.42 Å². The highest BCUT2D eigenvalue weighted by Crippen LogP contribution is 2.48. The van der Waals surface area contributed by atoms with Crippen LogP contribution in [-0.4, -0.2) is 16.9 Å². The van der Waals surface area contributed by atoms with Gasteiger partial charge in [0.25, 0.3) is 0 Å². The molecule has 0 radical (unpaired) electrons. The largest absolute Gasteiger partial charge is 0.327 e. The molecule has 4 unspecified atom stereocenters. The van der Waals surface area contributed by atoms with Crippen LogP contribution in [0.3, 0.4) is 0 Å². The number of nitrogens with zero attached hydrogens (tertiary/aromatic N) is 1. The third-order valence-corrected chi connectivity index (χ3v) is 4.95. The average molecular weight is 310 g/mol. The second-order valence-electron chi connectivity index (χ2n) is 5.28. The number of nitrogens with two attached hydrogens (primary N) is 1. The minimum Gasteiger partial charge on any atom is -0.327 e. The molecule has 3 N–H and O–H groups in total. The van der Waals surface area contributed by atoms with Gasteiger partial charge in [-0.25, -0.2) is 0 Å². The summed E-state index contributed by atoms with van der Waals surface area (Å²) in [5.74, 6) is 1.06. The average Bonchev–Trinajstić information content (AvgIpc) is 2.92. The first-order valence-corrected chi connectivity index (χ1v) is 7.12. The van der Waals surface area contributed by atoms with Crippen molar-refractivity contribution in [1.29, 1.82) is 0 Å². The Bertz CT molecular complexity index is 477. The van der Waals surface area contributed by atoms with Crippen molar-refractivity contribution in [2.75, 3.05) is 5.32 Å². The molecular formula is C13H16BrN3O. The van der Waals surface area contributed by atoms with Gasteiger partial charge >= 0.3 is 0 Å². The third-order valence-electron chi connectivity index (χ3n) is 4.31. The number of rotatable bonds is 2. The minimum absolute atomic E-state index is 0.0242. The molecule has 2 aliphatic rings. The second-order valence-corrected chi connectivity index (χ2v) is 6.14. The molecule has 5 heteroatoms. The molecule has 18 heavy (non-hydrogen) atoms. The molecule has 3 rings (SSSR count).